The lowest BCUT2D eigenvalue weighted by Crippen LogP contribution is -2.49. The first-order valence-corrected chi connectivity index (χ1v) is 12.4. The molecule has 1 atom stereocenters. The number of hydrogen-bond donors (Lipinski definition) is 1. The Morgan fingerprint density at radius 1 is 1.11 bits per heavy atom. The quantitative estimate of drug-likeness (QED) is 0.562. The van der Waals surface area contributed by atoms with E-state index in [1.165, 1.54) is 0 Å². The number of likely N-dealkylation sites (tertiary alicyclic amines) is 1. The molecule has 1 aromatic heterocycles. The van der Waals surface area contributed by atoms with Crippen molar-refractivity contribution < 1.29 is 9.90 Å². The van der Waals surface area contributed by atoms with E-state index < -0.39 is 5.60 Å². The molecular weight excluding hydrogens is 462 g/mol. The summed E-state index contributed by atoms with van der Waals surface area (Å²) >= 11 is 6.03. The molecule has 7 nitrogen and oxygen atoms in total. The van der Waals surface area contributed by atoms with Gasteiger partial charge in [0.25, 0.3) is 5.91 Å². The van der Waals surface area contributed by atoms with Gasteiger partial charge in [0.15, 0.2) is 0 Å². The standard InChI is InChI=1S/C27H30ClN5O2/c1-19-29-18-25(31(19)2)20-3-5-21(6-4-20)26(34)32-15-12-27(35,13-16-32)17-24-11-14-30-33(24)23-9-7-22(28)8-10-23/h3-10,14,18,24,35H,11-13,15-17H2,1-2H3. The molecule has 5 rings (SSSR count). The van der Waals surface area contributed by atoms with Crippen LogP contribution in [0.3, 0.4) is 0 Å². The van der Waals surface area contributed by atoms with Crippen molar-refractivity contribution in [3.05, 3.63) is 71.1 Å². The van der Waals surface area contributed by atoms with Crippen LogP contribution >= 0.6 is 11.6 Å². The summed E-state index contributed by atoms with van der Waals surface area (Å²) in [4.78, 5) is 19.3. The van der Waals surface area contributed by atoms with Crippen LogP contribution in [-0.2, 0) is 7.05 Å². The Kier molecular flexibility index (Phi) is 6.38. The van der Waals surface area contributed by atoms with Crippen molar-refractivity contribution in [2.75, 3.05) is 18.1 Å². The second kappa shape index (κ2) is 9.47. The fraction of sp³-hybridized carbons (Fsp3) is 0.370. The number of piperidine rings is 1. The van der Waals surface area contributed by atoms with Crippen LogP contribution in [0.4, 0.5) is 5.69 Å². The SMILES string of the molecule is Cc1ncc(-c2ccc(C(=O)N3CCC(O)(CC4CC=NN4c4ccc(Cl)cc4)CC3)cc2)n1C. The van der Waals surface area contributed by atoms with Crippen LogP contribution < -0.4 is 5.01 Å². The lowest BCUT2D eigenvalue weighted by Gasteiger charge is -2.40. The van der Waals surface area contributed by atoms with Gasteiger partial charge in [-0.2, -0.15) is 5.10 Å². The summed E-state index contributed by atoms with van der Waals surface area (Å²) in [6, 6.07) is 15.4. The number of benzene rings is 2. The smallest absolute Gasteiger partial charge is 0.253 e. The van der Waals surface area contributed by atoms with Crippen molar-refractivity contribution in [3.63, 3.8) is 0 Å². The third kappa shape index (κ3) is 4.83. The van der Waals surface area contributed by atoms with Gasteiger partial charge in [-0.15, -0.1) is 0 Å². The van der Waals surface area contributed by atoms with Crippen molar-refractivity contribution in [3.8, 4) is 11.3 Å². The molecule has 35 heavy (non-hydrogen) atoms. The molecule has 8 heteroatoms. The molecule has 182 valence electrons. The lowest BCUT2D eigenvalue weighted by molar-refractivity contribution is -0.0268. The predicted molar refractivity (Wildman–Crippen MR) is 139 cm³/mol. The Bertz CT molecular complexity index is 1230. The number of hydrogen-bond acceptors (Lipinski definition) is 5. The number of aliphatic hydroxyl groups is 1. The number of carbonyl (C=O) groups is 1. The molecular formula is C27H30ClN5O2. The monoisotopic (exact) mass is 491 g/mol. The number of aromatic nitrogens is 2. The summed E-state index contributed by atoms with van der Waals surface area (Å²) in [7, 11) is 1.98. The molecule has 0 radical (unpaired) electrons. The molecule has 1 N–H and O–H groups in total. The fourth-order valence-electron chi connectivity index (χ4n) is 5.00. The Labute approximate surface area is 210 Å². The van der Waals surface area contributed by atoms with E-state index in [0.717, 1.165) is 29.2 Å². The number of amides is 1. The fourth-order valence-corrected chi connectivity index (χ4v) is 5.12. The van der Waals surface area contributed by atoms with E-state index in [0.29, 0.717) is 42.9 Å². The number of anilines is 1. The molecule has 0 bridgehead atoms. The van der Waals surface area contributed by atoms with E-state index in [2.05, 4.69) is 10.1 Å². The van der Waals surface area contributed by atoms with E-state index in [9.17, 15) is 9.90 Å². The molecule has 1 fully saturated rings. The van der Waals surface area contributed by atoms with Crippen molar-refractivity contribution in [1.82, 2.24) is 14.5 Å². The van der Waals surface area contributed by atoms with Crippen LogP contribution in [0.25, 0.3) is 11.3 Å². The van der Waals surface area contributed by atoms with Gasteiger partial charge < -0.3 is 14.6 Å². The summed E-state index contributed by atoms with van der Waals surface area (Å²) in [6.07, 6.45) is 6.25. The third-order valence-corrected chi connectivity index (χ3v) is 7.52. The normalized spacial score (nSPS) is 19.4. The highest BCUT2D eigenvalue weighted by molar-refractivity contribution is 6.30. The number of imidazole rings is 1. The Morgan fingerprint density at radius 3 is 2.43 bits per heavy atom. The van der Waals surface area contributed by atoms with E-state index in [-0.39, 0.29) is 11.9 Å². The molecule has 1 amide bonds. The predicted octanol–water partition coefficient (Wildman–Crippen LogP) is 4.67. The highest BCUT2D eigenvalue weighted by Crippen LogP contribution is 2.34. The number of rotatable bonds is 5. The molecule has 1 unspecified atom stereocenters. The first-order chi connectivity index (χ1) is 16.8. The summed E-state index contributed by atoms with van der Waals surface area (Å²) in [5.41, 5.74) is 2.86. The molecule has 2 aliphatic rings. The van der Waals surface area contributed by atoms with Gasteiger partial charge in [0.1, 0.15) is 5.82 Å². The molecule has 1 saturated heterocycles. The van der Waals surface area contributed by atoms with Crippen LogP contribution in [0, 0.1) is 6.92 Å². The van der Waals surface area contributed by atoms with Gasteiger partial charge in [-0.1, -0.05) is 23.7 Å². The zero-order valence-corrected chi connectivity index (χ0v) is 20.8. The second-order valence-corrected chi connectivity index (χ2v) is 9.99. The summed E-state index contributed by atoms with van der Waals surface area (Å²) in [6.45, 7) is 3.03. The van der Waals surface area contributed by atoms with Gasteiger partial charge in [0.2, 0.25) is 0 Å². The lowest BCUT2D eigenvalue weighted by atomic mass is 9.84. The number of halogens is 1. The van der Waals surface area contributed by atoms with E-state index in [1.54, 1.807) is 0 Å². The van der Waals surface area contributed by atoms with Crippen molar-refractivity contribution in [2.45, 2.75) is 44.2 Å². The van der Waals surface area contributed by atoms with Crippen LogP contribution in [0.1, 0.15) is 41.9 Å². The number of hydrazone groups is 1. The first kappa shape index (κ1) is 23.6. The Hall–Kier alpha value is -3.16. The maximum atomic E-state index is 13.1. The van der Waals surface area contributed by atoms with Crippen LogP contribution in [-0.4, -0.2) is 56.4 Å². The topological polar surface area (TPSA) is 74.0 Å². The minimum absolute atomic E-state index is 0.00628. The highest BCUT2D eigenvalue weighted by atomic mass is 35.5. The van der Waals surface area contributed by atoms with Crippen LogP contribution in [0.2, 0.25) is 5.02 Å². The van der Waals surface area contributed by atoms with E-state index in [1.807, 2.05) is 89.4 Å². The summed E-state index contributed by atoms with van der Waals surface area (Å²) in [5.74, 6) is 0.952. The summed E-state index contributed by atoms with van der Waals surface area (Å²) in [5, 5.41) is 18.5. The minimum Gasteiger partial charge on any atom is -0.390 e. The molecule has 3 aromatic rings. The van der Waals surface area contributed by atoms with Gasteiger partial charge >= 0.3 is 0 Å². The van der Waals surface area contributed by atoms with Gasteiger partial charge in [-0.05, 0) is 68.1 Å². The van der Waals surface area contributed by atoms with Gasteiger partial charge in [0.05, 0.1) is 29.2 Å². The van der Waals surface area contributed by atoms with Gasteiger partial charge in [-0.3, -0.25) is 9.80 Å². The molecule has 0 spiro atoms. The maximum Gasteiger partial charge on any atom is 0.253 e. The van der Waals surface area contributed by atoms with Crippen molar-refractivity contribution >= 4 is 29.4 Å². The van der Waals surface area contributed by atoms with Crippen molar-refractivity contribution in [1.29, 1.82) is 0 Å². The van der Waals surface area contributed by atoms with E-state index in [4.69, 9.17) is 11.6 Å². The molecule has 0 aliphatic carbocycles. The molecule has 2 aromatic carbocycles. The number of aryl methyl sites for hydroxylation is 1. The van der Waals surface area contributed by atoms with Gasteiger partial charge in [-0.25, -0.2) is 4.98 Å². The van der Waals surface area contributed by atoms with Crippen LogP contribution in [0.5, 0.6) is 0 Å². The maximum absolute atomic E-state index is 13.1. The zero-order valence-electron chi connectivity index (χ0n) is 20.1. The summed E-state index contributed by atoms with van der Waals surface area (Å²) < 4.78 is 2.03. The largest absolute Gasteiger partial charge is 0.390 e. The highest BCUT2D eigenvalue weighted by Gasteiger charge is 2.38. The molecule has 3 heterocycles. The first-order valence-electron chi connectivity index (χ1n) is 12.0. The van der Waals surface area contributed by atoms with Gasteiger partial charge in [0, 0.05) is 43.4 Å². The van der Waals surface area contributed by atoms with Crippen molar-refractivity contribution in [2.24, 2.45) is 12.1 Å². The van der Waals surface area contributed by atoms with Crippen LogP contribution in [0.15, 0.2) is 59.8 Å². The Balaban J connectivity index is 1.20. The molecule has 2 aliphatic heterocycles. The molecule has 0 saturated carbocycles. The second-order valence-electron chi connectivity index (χ2n) is 9.56. The zero-order chi connectivity index (χ0) is 24.6. The van der Waals surface area contributed by atoms with E-state index >= 15 is 0 Å². The number of carbonyl (C=O) groups excluding carboxylic acids is 1. The number of nitrogens with zero attached hydrogens (tertiary/aromatic N) is 5. The third-order valence-electron chi connectivity index (χ3n) is 7.27. The average Bonchev–Trinajstić information content (AvgIpc) is 3.45. The minimum atomic E-state index is -0.818. The average molecular weight is 492 g/mol. The Morgan fingerprint density at radius 2 is 1.80 bits per heavy atom.